The second-order valence-electron chi connectivity index (χ2n) is 3.99. The van der Waals surface area contributed by atoms with Gasteiger partial charge in [-0.1, -0.05) is 19.8 Å². The molecule has 1 aromatic heterocycles. The molecule has 0 unspecified atom stereocenters. The zero-order valence-electron chi connectivity index (χ0n) is 8.18. The van der Waals surface area contributed by atoms with E-state index in [1.54, 1.807) is 0 Å². The van der Waals surface area contributed by atoms with Crippen LogP contribution in [0.2, 0.25) is 0 Å². The van der Waals surface area contributed by atoms with E-state index in [1.165, 1.54) is 36.1 Å². The standard InChI is InChI=1S/C11H17NS/c1-2-9-5-8-13-10(9)11(12)6-3-4-7-11/h5,8H,2-4,6-7,12H2,1H3. The Morgan fingerprint density at radius 1 is 1.46 bits per heavy atom. The van der Waals surface area contributed by atoms with Crippen molar-refractivity contribution in [3.8, 4) is 0 Å². The SMILES string of the molecule is CCc1ccsc1C1(N)CCCC1. The summed E-state index contributed by atoms with van der Waals surface area (Å²) >= 11 is 1.85. The Morgan fingerprint density at radius 3 is 2.77 bits per heavy atom. The molecular formula is C11H17NS. The Bertz CT molecular complexity index is 284. The summed E-state index contributed by atoms with van der Waals surface area (Å²) in [6, 6.07) is 2.23. The van der Waals surface area contributed by atoms with Gasteiger partial charge in [-0.05, 0) is 36.3 Å². The van der Waals surface area contributed by atoms with Gasteiger partial charge in [-0.25, -0.2) is 0 Å². The molecule has 1 aromatic rings. The Labute approximate surface area is 84.0 Å². The molecule has 0 saturated heterocycles. The van der Waals surface area contributed by atoms with E-state index in [0.717, 1.165) is 6.42 Å². The van der Waals surface area contributed by atoms with Crippen LogP contribution < -0.4 is 5.73 Å². The molecule has 2 rings (SSSR count). The Balaban J connectivity index is 2.32. The third kappa shape index (κ3) is 1.53. The minimum atomic E-state index is 0.0273. The van der Waals surface area contributed by atoms with Crippen molar-refractivity contribution in [2.75, 3.05) is 0 Å². The fraction of sp³-hybridized carbons (Fsp3) is 0.636. The molecule has 1 saturated carbocycles. The maximum absolute atomic E-state index is 6.41. The molecule has 0 bridgehead atoms. The number of hydrogen-bond donors (Lipinski definition) is 1. The van der Waals surface area contributed by atoms with Gasteiger partial charge in [0.2, 0.25) is 0 Å². The number of hydrogen-bond acceptors (Lipinski definition) is 2. The van der Waals surface area contributed by atoms with Gasteiger partial charge in [0.1, 0.15) is 0 Å². The number of thiophene rings is 1. The van der Waals surface area contributed by atoms with Crippen molar-refractivity contribution in [2.45, 2.75) is 44.6 Å². The highest BCUT2D eigenvalue weighted by molar-refractivity contribution is 7.10. The number of nitrogens with two attached hydrogens (primary N) is 1. The normalized spacial score (nSPS) is 20.8. The van der Waals surface area contributed by atoms with Crippen LogP contribution in [0.1, 0.15) is 43.0 Å². The molecule has 0 aliphatic heterocycles. The molecule has 0 amide bonds. The van der Waals surface area contributed by atoms with Crippen molar-refractivity contribution in [3.63, 3.8) is 0 Å². The highest BCUT2D eigenvalue weighted by Crippen LogP contribution is 2.40. The van der Waals surface area contributed by atoms with E-state index in [4.69, 9.17) is 5.73 Å². The third-order valence-corrected chi connectivity index (χ3v) is 4.25. The molecule has 1 heterocycles. The molecule has 0 radical (unpaired) electrons. The fourth-order valence-electron chi connectivity index (χ4n) is 2.28. The van der Waals surface area contributed by atoms with E-state index in [1.807, 2.05) is 11.3 Å². The van der Waals surface area contributed by atoms with Crippen molar-refractivity contribution in [3.05, 3.63) is 21.9 Å². The van der Waals surface area contributed by atoms with E-state index in [0.29, 0.717) is 0 Å². The first-order chi connectivity index (χ1) is 6.26. The van der Waals surface area contributed by atoms with Crippen LogP contribution in [0.5, 0.6) is 0 Å². The summed E-state index contributed by atoms with van der Waals surface area (Å²) in [5.74, 6) is 0. The maximum atomic E-state index is 6.41. The van der Waals surface area contributed by atoms with E-state index in [-0.39, 0.29) is 5.54 Å². The predicted octanol–water partition coefficient (Wildman–Crippen LogP) is 3.04. The van der Waals surface area contributed by atoms with Gasteiger partial charge >= 0.3 is 0 Å². The molecule has 0 atom stereocenters. The Hall–Kier alpha value is -0.340. The molecule has 1 aliphatic rings. The van der Waals surface area contributed by atoms with E-state index >= 15 is 0 Å². The molecule has 2 heteroatoms. The first-order valence-electron chi connectivity index (χ1n) is 5.12. The van der Waals surface area contributed by atoms with Crippen molar-refractivity contribution in [2.24, 2.45) is 5.73 Å². The minimum absolute atomic E-state index is 0.0273. The smallest absolute Gasteiger partial charge is 0.0506 e. The summed E-state index contributed by atoms with van der Waals surface area (Å²) in [5.41, 5.74) is 7.91. The zero-order chi connectivity index (χ0) is 9.31. The van der Waals surface area contributed by atoms with Crippen LogP contribution in [0, 0.1) is 0 Å². The van der Waals surface area contributed by atoms with Crippen LogP contribution >= 0.6 is 11.3 Å². The van der Waals surface area contributed by atoms with Crippen molar-refractivity contribution in [1.82, 2.24) is 0 Å². The van der Waals surface area contributed by atoms with Crippen molar-refractivity contribution < 1.29 is 0 Å². The van der Waals surface area contributed by atoms with Gasteiger partial charge in [-0.3, -0.25) is 0 Å². The van der Waals surface area contributed by atoms with Gasteiger partial charge in [0.05, 0.1) is 5.54 Å². The van der Waals surface area contributed by atoms with E-state index < -0.39 is 0 Å². The van der Waals surface area contributed by atoms with Crippen molar-refractivity contribution >= 4 is 11.3 Å². The summed E-state index contributed by atoms with van der Waals surface area (Å²) in [5, 5.41) is 2.18. The van der Waals surface area contributed by atoms with Crippen LogP contribution in [-0.2, 0) is 12.0 Å². The fourth-order valence-corrected chi connectivity index (χ4v) is 3.46. The first kappa shape index (κ1) is 9.22. The van der Waals surface area contributed by atoms with Gasteiger partial charge in [-0.2, -0.15) is 0 Å². The summed E-state index contributed by atoms with van der Waals surface area (Å²) in [4.78, 5) is 1.45. The van der Waals surface area contributed by atoms with Crippen LogP contribution in [0.4, 0.5) is 0 Å². The third-order valence-electron chi connectivity index (χ3n) is 3.08. The second kappa shape index (κ2) is 3.43. The van der Waals surface area contributed by atoms with Crippen molar-refractivity contribution in [1.29, 1.82) is 0 Å². The lowest BCUT2D eigenvalue weighted by Crippen LogP contribution is -2.32. The molecule has 1 aliphatic carbocycles. The minimum Gasteiger partial charge on any atom is -0.321 e. The first-order valence-corrected chi connectivity index (χ1v) is 6.00. The molecular weight excluding hydrogens is 178 g/mol. The summed E-state index contributed by atoms with van der Waals surface area (Å²) in [6.07, 6.45) is 6.09. The lowest BCUT2D eigenvalue weighted by atomic mass is 9.93. The zero-order valence-corrected chi connectivity index (χ0v) is 8.99. The maximum Gasteiger partial charge on any atom is 0.0506 e. The largest absolute Gasteiger partial charge is 0.321 e. The predicted molar refractivity (Wildman–Crippen MR) is 58.0 cm³/mol. The summed E-state index contributed by atoms with van der Waals surface area (Å²) in [6.45, 7) is 2.21. The number of aryl methyl sites for hydroxylation is 1. The van der Waals surface area contributed by atoms with Gasteiger partial charge in [0.15, 0.2) is 0 Å². The topological polar surface area (TPSA) is 26.0 Å². The Morgan fingerprint density at radius 2 is 2.15 bits per heavy atom. The van der Waals surface area contributed by atoms with E-state index in [9.17, 15) is 0 Å². The average Bonchev–Trinajstić information content (AvgIpc) is 2.72. The van der Waals surface area contributed by atoms with Crippen LogP contribution in [0.3, 0.4) is 0 Å². The molecule has 72 valence electrons. The highest BCUT2D eigenvalue weighted by Gasteiger charge is 2.33. The summed E-state index contributed by atoms with van der Waals surface area (Å²) < 4.78 is 0. The molecule has 2 N–H and O–H groups in total. The summed E-state index contributed by atoms with van der Waals surface area (Å²) in [7, 11) is 0. The van der Waals surface area contributed by atoms with Gasteiger partial charge in [-0.15, -0.1) is 11.3 Å². The monoisotopic (exact) mass is 195 g/mol. The van der Waals surface area contributed by atoms with Crippen LogP contribution in [0.25, 0.3) is 0 Å². The van der Waals surface area contributed by atoms with Gasteiger partial charge < -0.3 is 5.73 Å². The lowest BCUT2D eigenvalue weighted by Gasteiger charge is -2.23. The van der Waals surface area contributed by atoms with Gasteiger partial charge in [0.25, 0.3) is 0 Å². The van der Waals surface area contributed by atoms with E-state index in [2.05, 4.69) is 18.4 Å². The Kier molecular flexibility index (Phi) is 2.43. The highest BCUT2D eigenvalue weighted by atomic mass is 32.1. The van der Waals surface area contributed by atoms with Crippen LogP contribution in [-0.4, -0.2) is 0 Å². The number of rotatable bonds is 2. The van der Waals surface area contributed by atoms with Gasteiger partial charge in [0, 0.05) is 4.88 Å². The molecule has 1 fully saturated rings. The molecule has 1 nitrogen and oxygen atoms in total. The molecule has 0 aromatic carbocycles. The van der Waals surface area contributed by atoms with Crippen LogP contribution in [0.15, 0.2) is 11.4 Å². The lowest BCUT2D eigenvalue weighted by molar-refractivity contribution is 0.468. The quantitative estimate of drug-likeness (QED) is 0.771. The average molecular weight is 195 g/mol. The molecule has 13 heavy (non-hydrogen) atoms. The molecule has 0 spiro atoms. The second-order valence-corrected chi connectivity index (χ2v) is 4.91.